The SMILES string of the molecule is CC(Nc1ccc2cnccc2c1N)c1ccc(F)cc1. The Kier molecular flexibility index (Phi) is 3.44. The fourth-order valence-electron chi connectivity index (χ4n) is 2.39. The van der Waals surface area contributed by atoms with Gasteiger partial charge in [0.15, 0.2) is 0 Å². The lowest BCUT2D eigenvalue weighted by molar-refractivity contribution is 0.626. The van der Waals surface area contributed by atoms with Crippen molar-refractivity contribution in [1.29, 1.82) is 0 Å². The van der Waals surface area contributed by atoms with Gasteiger partial charge in [-0.15, -0.1) is 0 Å². The molecule has 21 heavy (non-hydrogen) atoms. The van der Waals surface area contributed by atoms with Crippen molar-refractivity contribution in [3.8, 4) is 0 Å². The molecule has 3 N–H and O–H groups in total. The highest BCUT2D eigenvalue weighted by atomic mass is 19.1. The van der Waals surface area contributed by atoms with Gasteiger partial charge in [-0.3, -0.25) is 4.98 Å². The van der Waals surface area contributed by atoms with E-state index in [1.165, 1.54) is 12.1 Å². The van der Waals surface area contributed by atoms with Crippen LogP contribution in [0, 0.1) is 5.82 Å². The Balaban J connectivity index is 1.91. The van der Waals surface area contributed by atoms with Gasteiger partial charge < -0.3 is 11.1 Å². The van der Waals surface area contributed by atoms with Crippen molar-refractivity contribution in [3.05, 3.63) is 66.2 Å². The van der Waals surface area contributed by atoms with E-state index in [4.69, 9.17) is 5.73 Å². The van der Waals surface area contributed by atoms with Gasteiger partial charge >= 0.3 is 0 Å². The van der Waals surface area contributed by atoms with Gasteiger partial charge in [-0.05, 0) is 36.8 Å². The largest absolute Gasteiger partial charge is 0.397 e. The van der Waals surface area contributed by atoms with Crippen molar-refractivity contribution in [2.24, 2.45) is 0 Å². The summed E-state index contributed by atoms with van der Waals surface area (Å²) in [6.45, 7) is 2.02. The van der Waals surface area contributed by atoms with Crippen LogP contribution in [0.1, 0.15) is 18.5 Å². The second-order valence-electron chi connectivity index (χ2n) is 5.04. The highest BCUT2D eigenvalue weighted by molar-refractivity contribution is 5.98. The summed E-state index contributed by atoms with van der Waals surface area (Å²) in [7, 11) is 0. The van der Waals surface area contributed by atoms with Crippen LogP contribution in [0.4, 0.5) is 15.8 Å². The summed E-state index contributed by atoms with van der Waals surface area (Å²) in [6, 6.07) is 12.3. The summed E-state index contributed by atoms with van der Waals surface area (Å²) in [5.74, 6) is -0.233. The molecule has 2 aromatic carbocycles. The number of anilines is 2. The van der Waals surface area contributed by atoms with E-state index in [-0.39, 0.29) is 11.9 Å². The summed E-state index contributed by atoms with van der Waals surface area (Å²) >= 11 is 0. The van der Waals surface area contributed by atoms with Gasteiger partial charge in [0.25, 0.3) is 0 Å². The summed E-state index contributed by atoms with van der Waals surface area (Å²) in [5.41, 5.74) is 8.79. The zero-order chi connectivity index (χ0) is 14.8. The van der Waals surface area contributed by atoms with E-state index in [0.29, 0.717) is 5.69 Å². The maximum atomic E-state index is 13.0. The van der Waals surface area contributed by atoms with Gasteiger partial charge in [0.2, 0.25) is 0 Å². The maximum Gasteiger partial charge on any atom is 0.123 e. The van der Waals surface area contributed by atoms with Crippen molar-refractivity contribution < 1.29 is 4.39 Å². The third kappa shape index (κ3) is 2.65. The van der Waals surface area contributed by atoms with E-state index in [2.05, 4.69) is 10.3 Å². The predicted molar refractivity (Wildman–Crippen MR) is 84.6 cm³/mol. The van der Waals surface area contributed by atoms with Crippen LogP contribution in [0.2, 0.25) is 0 Å². The average Bonchev–Trinajstić information content (AvgIpc) is 2.51. The molecule has 0 aliphatic heterocycles. The van der Waals surface area contributed by atoms with E-state index in [1.54, 1.807) is 24.5 Å². The summed E-state index contributed by atoms with van der Waals surface area (Å²) in [6.07, 6.45) is 3.52. The molecule has 3 rings (SSSR count). The molecule has 3 aromatic rings. The molecule has 3 nitrogen and oxygen atoms in total. The standard InChI is InChI=1S/C17H16FN3/c1-11(12-2-5-14(18)6-3-12)21-16-7-4-13-10-20-9-8-15(13)17(16)19/h2-11,21H,19H2,1H3. The number of fused-ring (bicyclic) bond motifs is 1. The van der Waals surface area contributed by atoms with Crippen LogP contribution in [0.5, 0.6) is 0 Å². The number of rotatable bonds is 3. The lowest BCUT2D eigenvalue weighted by atomic mass is 10.1. The first kappa shape index (κ1) is 13.4. The summed E-state index contributed by atoms with van der Waals surface area (Å²) in [5, 5.41) is 5.35. The van der Waals surface area contributed by atoms with E-state index in [9.17, 15) is 4.39 Å². The Morgan fingerprint density at radius 3 is 2.62 bits per heavy atom. The molecule has 4 heteroatoms. The van der Waals surface area contributed by atoms with Gasteiger partial charge in [-0.25, -0.2) is 4.39 Å². The number of hydrogen-bond donors (Lipinski definition) is 2. The first-order chi connectivity index (χ1) is 10.1. The molecule has 0 radical (unpaired) electrons. The number of nitrogens with one attached hydrogen (secondary N) is 1. The molecule has 1 heterocycles. The molecule has 106 valence electrons. The van der Waals surface area contributed by atoms with E-state index in [0.717, 1.165) is 22.0 Å². The van der Waals surface area contributed by atoms with Gasteiger partial charge in [0.1, 0.15) is 5.82 Å². The third-order valence-electron chi connectivity index (χ3n) is 3.60. The second kappa shape index (κ2) is 5.40. The van der Waals surface area contributed by atoms with Crippen molar-refractivity contribution in [2.75, 3.05) is 11.1 Å². The first-order valence-corrected chi connectivity index (χ1v) is 6.79. The minimum atomic E-state index is -0.233. The molecule has 1 atom stereocenters. The zero-order valence-corrected chi connectivity index (χ0v) is 11.7. The second-order valence-corrected chi connectivity index (χ2v) is 5.04. The molecular weight excluding hydrogens is 265 g/mol. The molecule has 1 aromatic heterocycles. The molecule has 0 aliphatic rings. The van der Waals surface area contributed by atoms with Gasteiger partial charge in [0.05, 0.1) is 11.4 Å². The third-order valence-corrected chi connectivity index (χ3v) is 3.60. The van der Waals surface area contributed by atoms with Crippen molar-refractivity contribution in [3.63, 3.8) is 0 Å². The average molecular weight is 281 g/mol. The Labute approximate surface area is 122 Å². The van der Waals surface area contributed by atoms with E-state index >= 15 is 0 Å². The van der Waals surface area contributed by atoms with Crippen LogP contribution in [0.15, 0.2) is 54.9 Å². The van der Waals surface area contributed by atoms with Crippen LogP contribution >= 0.6 is 0 Å². The lowest BCUT2D eigenvalue weighted by Crippen LogP contribution is -2.08. The molecule has 0 spiro atoms. The number of hydrogen-bond acceptors (Lipinski definition) is 3. The van der Waals surface area contributed by atoms with Crippen LogP contribution in [-0.4, -0.2) is 4.98 Å². The number of nitrogens with zero attached hydrogens (tertiary/aromatic N) is 1. The smallest absolute Gasteiger partial charge is 0.123 e. The Morgan fingerprint density at radius 2 is 1.86 bits per heavy atom. The molecule has 0 bridgehead atoms. The fourth-order valence-corrected chi connectivity index (χ4v) is 2.39. The topological polar surface area (TPSA) is 50.9 Å². The molecule has 0 saturated heterocycles. The Bertz CT molecular complexity index is 769. The molecular formula is C17H16FN3. The number of halogens is 1. The summed E-state index contributed by atoms with van der Waals surface area (Å²) < 4.78 is 13.0. The normalized spacial score (nSPS) is 12.3. The molecule has 1 unspecified atom stereocenters. The first-order valence-electron chi connectivity index (χ1n) is 6.79. The van der Waals surface area contributed by atoms with Crippen LogP contribution in [0.25, 0.3) is 10.8 Å². The van der Waals surface area contributed by atoms with Crippen molar-refractivity contribution >= 4 is 22.1 Å². The van der Waals surface area contributed by atoms with Crippen molar-refractivity contribution in [1.82, 2.24) is 4.98 Å². The van der Waals surface area contributed by atoms with Gasteiger partial charge in [-0.1, -0.05) is 18.2 Å². The maximum absolute atomic E-state index is 13.0. The van der Waals surface area contributed by atoms with Crippen LogP contribution in [0.3, 0.4) is 0 Å². The minimum Gasteiger partial charge on any atom is -0.397 e. The number of nitrogen functional groups attached to an aromatic ring is 1. The number of benzene rings is 2. The van der Waals surface area contributed by atoms with Gasteiger partial charge in [-0.2, -0.15) is 0 Å². The number of aromatic nitrogens is 1. The van der Waals surface area contributed by atoms with Crippen molar-refractivity contribution in [2.45, 2.75) is 13.0 Å². The molecule has 0 saturated carbocycles. The lowest BCUT2D eigenvalue weighted by Gasteiger charge is -2.18. The Morgan fingerprint density at radius 1 is 1.10 bits per heavy atom. The minimum absolute atomic E-state index is 0.0344. The van der Waals surface area contributed by atoms with Gasteiger partial charge in [0, 0.05) is 29.2 Å². The molecule has 0 fully saturated rings. The fraction of sp³-hybridized carbons (Fsp3) is 0.118. The number of nitrogens with two attached hydrogens (primary N) is 1. The quantitative estimate of drug-likeness (QED) is 0.710. The molecule has 0 aliphatic carbocycles. The van der Waals surface area contributed by atoms with E-state index in [1.807, 2.05) is 25.1 Å². The predicted octanol–water partition coefficient (Wildman–Crippen LogP) is 4.13. The van der Waals surface area contributed by atoms with E-state index < -0.39 is 0 Å². The highest BCUT2D eigenvalue weighted by Crippen LogP contribution is 2.30. The Hall–Kier alpha value is -2.62. The zero-order valence-electron chi connectivity index (χ0n) is 11.7. The number of pyridine rings is 1. The monoisotopic (exact) mass is 281 g/mol. The summed E-state index contributed by atoms with van der Waals surface area (Å²) in [4.78, 5) is 4.09. The highest BCUT2D eigenvalue weighted by Gasteiger charge is 2.09. The van der Waals surface area contributed by atoms with Crippen LogP contribution < -0.4 is 11.1 Å². The molecule has 0 amide bonds. The van der Waals surface area contributed by atoms with Crippen LogP contribution in [-0.2, 0) is 0 Å².